The fourth-order valence-electron chi connectivity index (χ4n) is 2.25. The SMILES string of the molecule is CCCNC(CC(C)C)c1cc(OC)c(OC)cc1F. The zero-order chi connectivity index (χ0) is 15.1. The molecule has 0 heterocycles. The number of methoxy groups -OCH3 is 2. The first-order valence-corrected chi connectivity index (χ1v) is 7.18. The second-order valence-electron chi connectivity index (χ2n) is 5.36. The maximum absolute atomic E-state index is 14.3. The third-order valence-corrected chi connectivity index (χ3v) is 3.23. The molecule has 1 aromatic rings. The number of benzene rings is 1. The molecule has 1 rings (SSSR count). The van der Waals surface area contributed by atoms with E-state index < -0.39 is 0 Å². The van der Waals surface area contributed by atoms with Crippen LogP contribution >= 0.6 is 0 Å². The third kappa shape index (κ3) is 4.37. The molecule has 0 amide bonds. The van der Waals surface area contributed by atoms with Gasteiger partial charge in [-0.3, -0.25) is 0 Å². The smallest absolute Gasteiger partial charge is 0.163 e. The minimum atomic E-state index is -0.253. The molecule has 114 valence electrons. The van der Waals surface area contributed by atoms with E-state index in [-0.39, 0.29) is 11.9 Å². The summed E-state index contributed by atoms with van der Waals surface area (Å²) < 4.78 is 24.7. The Morgan fingerprint density at radius 2 is 1.75 bits per heavy atom. The highest BCUT2D eigenvalue weighted by Gasteiger charge is 2.20. The van der Waals surface area contributed by atoms with Crippen LogP contribution in [0.1, 0.15) is 45.2 Å². The minimum Gasteiger partial charge on any atom is -0.493 e. The Morgan fingerprint density at radius 1 is 1.15 bits per heavy atom. The summed E-state index contributed by atoms with van der Waals surface area (Å²) in [6, 6.07) is 3.13. The molecule has 0 aliphatic rings. The Bertz CT molecular complexity index is 421. The summed E-state index contributed by atoms with van der Waals surface area (Å²) in [7, 11) is 3.08. The van der Waals surface area contributed by atoms with Crippen molar-refractivity contribution in [2.75, 3.05) is 20.8 Å². The zero-order valence-electron chi connectivity index (χ0n) is 13.1. The minimum absolute atomic E-state index is 0.00486. The maximum atomic E-state index is 14.3. The van der Waals surface area contributed by atoms with Crippen LogP contribution in [-0.4, -0.2) is 20.8 Å². The highest BCUT2D eigenvalue weighted by atomic mass is 19.1. The van der Waals surface area contributed by atoms with E-state index in [1.807, 2.05) is 0 Å². The average Bonchev–Trinajstić information content (AvgIpc) is 2.42. The molecule has 0 saturated carbocycles. The van der Waals surface area contributed by atoms with Crippen LogP contribution in [0, 0.1) is 11.7 Å². The summed E-state index contributed by atoms with van der Waals surface area (Å²) in [5, 5.41) is 3.41. The summed E-state index contributed by atoms with van der Waals surface area (Å²) in [5.41, 5.74) is 0.643. The van der Waals surface area contributed by atoms with E-state index in [1.165, 1.54) is 13.2 Å². The zero-order valence-corrected chi connectivity index (χ0v) is 13.1. The standard InChI is InChI=1S/C16H26FNO2/c1-6-7-18-14(8-11(2)3)12-9-15(19-4)16(20-5)10-13(12)17/h9-11,14,18H,6-8H2,1-5H3. The largest absolute Gasteiger partial charge is 0.493 e. The normalized spacial score (nSPS) is 12.6. The molecule has 0 aliphatic heterocycles. The van der Waals surface area contributed by atoms with Gasteiger partial charge in [0.15, 0.2) is 11.5 Å². The molecule has 1 atom stereocenters. The Balaban J connectivity index is 3.10. The molecule has 20 heavy (non-hydrogen) atoms. The van der Waals surface area contributed by atoms with Gasteiger partial charge in [-0.2, -0.15) is 0 Å². The van der Waals surface area contributed by atoms with Crippen LogP contribution in [-0.2, 0) is 0 Å². The second-order valence-corrected chi connectivity index (χ2v) is 5.36. The van der Waals surface area contributed by atoms with Gasteiger partial charge in [0.2, 0.25) is 0 Å². The summed E-state index contributed by atoms with van der Waals surface area (Å²) >= 11 is 0. The Labute approximate surface area is 121 Å². The van der Waals surface area contributed by atoms with Crippen molar-refractivity contribution in [2.24, 2.45) is 5.92 Å². The molecule has 0 aliphatic carbocycles. The molecule has 1 N–H and O–H groups in total. The lowest BCUT2D eigenvalue weighted by Crippen LogP contribution is -2.24. The first-order valence-electron chi connectivity index (χ1n) is 7.18. The molecular formula is C16H26FNO2. The predicted octanol–water partition coefficient (Wildman–Crippen LogP) is 3.93. The summed E-state index contributed by atoms with van der Waals surface area (Å²) in [6.45, 7) is 7.24. The van der Waals surface area contributed by atoms with E-state index in [0.29, 0.717) is 23.0 Å². The van der Waals surface area contributed by atoms with E-state index in [1.54, 1.807) is 13.2 Å². The van der Waals surface area contributed by atoms with Crippen molar-refractivity contribution in [2.45, 2.75) is 39.7 Å². The maximum Gasteiger partial charge on any atom is 0.163 e. The van der Waals surface area contributed by atoms with Gasteiger partial charge in [0.25, 0.3) is 0 Å². The van der Waals surface area contributed by atoms with Gasteiger partial charge in [-0.15, -0.1) is 0 Å². The van der Waals surface area contributed by atoms with Crippen LogP contribution in [0.5, 0.6) is 11.5 Å². The van der Waals surface area contributed by atoms with Gasteiger partial charge < -0.3 is 14.8 Å². The first-order chi connectivity index (χ1) is 9.53. The molecule has 0 spiro atoms. The van der Waals surface area contributed by atoms with Crippen LogP contribution in [0.3, 0.4) is 0 Å². The average molecular weight is 283 g/mol. The predicted molar refractivity (Wildman–Crippen MR) is 80.0 cm³/mol. The van der Waals surface area contributed by atoms with Crippen LogP contribution in [0.15, 0.2) is 12.1 Å². The van der Waals surface area contributed by atoms with Gasteiger partial charge in [0.05, 0.1) is 14.2 Å². The quantitative estimate of drug-likeness (QED) is 0.784. The number of hydrogen-bond acceptors (Lipinski definition) is 3. The lowest BCUT2D eigenvalue weighted by molar-refractivity contribution is 0.348. The van der Waals surface area contributed by atoms with Crippen LogP contribution in [0.25, 0.3) is 0 Å². The summed E-state index contributed by atoms with van der Waals surface area (Å²) in [6.07, 6.45) is 1.90. The lowest BCUT2D eigenvalue weighted by atomic mass is 9.96. The highest BCUT2D eigenvalue weighted by Crippen LogP contribution is 2.34. The van der Waals surface area contributed by atoms with E-state index in [2.05, 4.69) is 26.1 Å². The Hall–Kier alpha value is -1.29. The third-order valence-electron chi connectivity index (χ3n) is 3.23. The van der Waals surface area contributed by atoms with Gasteiger partial charge >= 0.3 is 0 Å². The van der Waals surface area contributed by atoms with Crippen molar-refractivity contribution in [3.63, 3.8) is 0 Å². The number of hydrogen-bond donors (Lipinski definition) is 1. The number of nitrogens with one attached hydrogen (secondary N) is 1. The van der Waals surface area contributed by atoms with Crippen molar-refractivity contribution in [1.82, 2.24) is 5.32 Å². The molecule has 0 bridgehead atoms. The van der Waals surface area contributed by atoms with Crippen LogP contribution in [0.2, 0.25) is 0 Å². The van der Waals surface area contributed by atoms with E-state index in [9.17, 15) is 4.39 Å². The number of rotatable bonds is 8. The van der Waals surface area contributed by atoms with Gasteiger partial charge in [-0.05, 0) is 31.4 Å². The van der Waals surface area contributed by atoms with Gasteiger partial charge in [0, 0.05) is 17.7 Å². The second kappa shape index (κ2) is 8.10. The topological polar surface area (TPSA) is 30.5 Å². The molecule has 0 saturated heterocycles. The lowest BCUT2D eigenvalue weighted by Gasteiger charge is -2.22. The van der Waals surface area contributed by atoms with Crippen molar-refractivity contribution in [3.05, 3.63) is 23.5 Å². The van der Waals surface area contributed by atoms with Crippen LogP contribution < -0.4 is 14.8 Å². The van der Waals surface area contributed by atoms with Gasteiger partial charge in [0.1, 0.15) is 5.82 Å². The molecule has 0 radical (unpaired) electrons. The summed E-state index contributed by atoms with van der Waals surface area (Å²) in [5.74, 6) is 1.22. The molecule has 0 aromatic heterocycles. The Kier molecular flexibility index (Phi) is 6.79. The number of ether oxygens (including phenoxy) is 2. The molecule has 3 nitrogen and oxygen atoms in total. The molecule has 1 aromatic carbocycles. The van der Waals surface area contributed by atoms with E-state index in [0.717, 1.165) is 19.4 Å². The summed E-state index contributed by atoms with van der Waals surface area (Å²) in [4.78, 5) is 0. The fourth-order valence-corrected chi connectivity index (χ4v) is 2.25. The fraction of sp³-hybridized carbons (Fsp3) is 0.625. The van der Waals surface area contributed by atoms with Crippen molar-refractivity contribution < 1.29 is 13.9 Å². The van der Waals surface area contributed by atoms with E-state index >= 15 is 0 Å². The van der Waals surface area contributed by atoms with Crippen molar-refractivity contribution >= 4 is 0 Å². The first kappa shape index (κ1) is 16.8. The molecular weight excluding hydrogens is 257 g/mol. The van der Waals surface area contributed by atoms with Gasteiger partial charge in [-0.25, -0.2) is 4.39 Å². The highest BCUT2D eigenvalue weighted by molar-refractivity contribution is 5.44. The molecule has 4 heteroatoms. The van der Waals surface area contributed by atoms with Gasteiger partial charge in [-0.1, -0.05) is 20.8 Å². The number of halogens is 1. The van der Waals surface area contributed by atoms with Crippen LogP contribution in [0.4, 0.5) is 4.39 Å². The van der Waals surface area contributed by atoms with Crippen molar-refractivity contribution in [3.8, 4) is 11.5 Å². The Morgan fingerprint density at radius 3 is 2.25 bits per heavy atom. The molecule has 1 unspecified atom stereocenters. The molecule has 0 fully saturated rings. The van der Waals surface area contributed by atoms with E-state index in [4.69, 9.17) is 9.47 Å². The monoisotopic (exact) mass is 283 g/mol. The van der Waals surface area contributed by atoms with Crippen molar-refractivity contribution in [1.29, 1.82) is 0 Å².